The Kier molecular flexibility index (Phi) is 10.9. The second-order valence-electron chi connectivity index (χ2n) is 7.99. The van der Waals surface area contributed by atoms with Gasteiger partial charge in [-0.1, -0.05) is 72.9 Å². The first kappa shape index (κ1) is 26.6. The van der Waals surface area contributed by atoms with E-state index < -0.39 is 6.04 Å². The lowest BCUT2D eigenvalue weighted by atomic mass is 10.1. The summed E-state index contributed by atoms with van der Waals surface area (Å²) in [4.78, 5) is 28.0. The van der Waals surface area contributed by atoms with Gasteiger partial charge in [0.1, 0.15) is 6.04 Å². The highest BCUT2D eigenvalue weighted by atomic mass is 35.5. The summed E-state index contributed by atoms with van der Waals surface area (Å²) in [5, 5.41) is 4.06. The van der Waals surface area contributed by atoms with Gasteiger partial charge in [-0.2, -0.15) is 0 Å². The van der Waals surface area contributed by atoms with Crippen LogP contribution in [0.2, 0.25) is 10.0 Å². The molecular weight excluding hydrogens is 463 g/mol. The van der Waals surface area contributed by atoms with Gasteiger partial charge in [0.2, 0.25) is 11.8 Å². The maximum atomic E-state index is 13.3. The van der Waals surface area contributed by atoms with E-state index in [-0.39, 0.29) is 23.6 Å². The number of nitrogens with one attached hydrogen (secondary N) is 1. The molecule has 2 aromatic rings. The zero-order valence-corrected chi connectivity index (χ0v) is 21.5. The van der Waals surface area contributed by atoms with Crippen molar-refractivity contribution in [1.82, 2.24) is 10.2 Å². The molecule has 0 bridgehead atoms. The summed E-state index contributed by atoms with van der Waals surface area (Å²) in [6, 6.07) is 13.1. The molecule has 7 heteroatoms. The van der Waals surface area contributed by atoms with Gasteiger partial charge in [-0.3, -0.25) is 9.59 Å². The second-order valence-corrected chi connectivity index (χ2v) is 9.79. The SMILES string of the molecule is CC[C@@H](C)NC(=O)[C@@H](CC)N(Cc1cccc(C)c1)C(=O)CSCc1ccc(Cl)c(Cl)c1. The molecule has 1 N–H and O–H groups in total. The van der Waals surface area contributed by atoms with Crippen LogP contribution in [0.4, 0.5) is 0 Å². The van der Waals surface area contributed by atoms with Crippen molar-refractivity contribution in [3.63, 3.8) is 0 Å². The average molecular weight is 496 g/mol. The Morgan fingerprint density at radius 1 is 1.03 bits per heavy atom. The monoisotopic (exact) mass is 494 g/mol. The summed E-state index contributed by atoms with van der Waals surface area (Å²) in [6.45, 7) is 8.38. The molecule has 174 valence electrons. The highest BCUT2D eigenvalue weighted by molar-refractivity contribution is 7.99. The number of thioether (sulfide) groups is 1. The fraction of sp³-hybridized carbons (Fsp3) is 0.440. The minimum Gasteiger partial charge on any atom is -0.352 e. The van der Waals surface area contributed by atoms with Gasteiger partial charge in [0.05, 0.1) is 15.8 Å². The fourth-order valence-electron chi connectivity index (χ4n) is 3.34. The molecule has 0 spiro atoms. The summed E-state index contributed by atoms with van der Waals surface area (Å²) >= 11 is 13.6. The molecule has 0 unspecified atom stereocenters. The van der Waals surface area contributed by atoms with Crippen LogP contribution >= 0.6 is 35.0 Å². The molecule has 0 heterocycles. The largest absolute Gasteiger partial charge is 0.352 e. The van der Waals surface area contributed by atoms with Crippen LogP contribution in [-0.2, 0) is 21.9 Å². The van der Waals surface area contributed by atoms with Crippen LogP contribution in [0.5, 0.6) is 0 Å². The van der Waals surface area contributed by atoms with Crippen molar-refractivity contribution in [1.29, 1.82) is 0 Å². The van der Waals surface area contributed by atoms with Crippen LogP contribution in [0.25, 0.3) is 0 Å². The van der Waals surface area contributed by atoms with E-state index in [1.165, 1.54) is 11.8 Å². The number of amides is 2. The molecule has 0 saturated heterocycles. The molecule has 0 saturated carbocycles. The summed E-state index contributed by atoms with van der Waals surface area (Å²) in [5.41, 5.74) is 3.15. The Hall–Kier alpha value is -1.69. The van der Waals surface area contributed by atoms with Gasteiger partial charge in [0, 0.05) is 18.3 Å². The number of hydrogen-bond donors (Lipinski definition) is 1. The van der Waals surface area contributed by atoms with E-state index in [0.717, 1.165) is 23.1 Å². The predicted octanol–water partition coefficient (Wildman–Crippen LogP) is 6.26. The van der Waals surface area contributed by atoms with Gasteiger partial charge in [-0.05, 0) is 49.9 Å². The van der Waals surface area contributed by atoms with Crippen molar-refractivity contribution in [2.24, 2.45) is 0 Å². The molecule has 0 radical (unpaired) electrons. The first-order valence-corrected chi connectivity index (χ1v) is 12.8. The molecule has 2 rings (SSSR count). The zero-order chi connectivity index (χ0) is 23.7. The first-order chi connectivity index (χ1) is 15.2. The van der Waals surface area contributed by atoms with Crippen LogP contribution in [0.1, 0.15) is 50.3 Å². The molecule has 2 aromatic carbocycles. The van der Waals surface area contributed by atoms with Crippen molar-refractivity contribution in [2.45, 2.75) is 64.9 Å². The Bertz CT molecular complexity index is 923. The molecule has 0 aliphatic heterocycles. The quantitative estimate of drug-likeness (QED) is 0.401. The Labute approximate surface area is 206 Å². The maximum absolute atomic E-state index is 13.3. The van der Waals surface area contributed by atoms with Crippen molar-refractivity contribution < 1.29 is 9.59 Å². The molecule has 0 aliphatic rings. The van der Waals surface area contributed by atoms with Gasteiger partial charge < -0.3 is 10.2 Å². The van der Waals surface area contributed by atoms with Crippen LogP contribution in [-0.4, -0.2) is 34.6 Å². The summed E-state index contributed by atoms with van der Waals surface area (Å²) < 4.78 is 0. The van der Waals surface area contributed by atoms with Gasteiger partial charge in [-0.15, -0.1) is 11.8 Å². The fourth-order valence-corrected chi connectivity index (χ4v) is 4.51. The van der Waals surface area contributed by atoms with Crippen LogP contribution in [0.15, 0.2) is 42.5 Å². The molecule has 2 amide bonds. The molecular formula is C25H32Cl2N2O2S. The average Bonchev–Trinajstić information content (AvgIpc) is 2.75. The predicted molar refractivity (Wildman–Crippen MR) is 136 cm³/mol. The van der Waals surface area contributed by atoms with Crippen LogP contribution < -0.4 is 5.32 Å². The number of carbonyl (C=O) groups is 2. The third kappa shape index (κ3) is 8.02. The molecule has 0 aromatic heterocycles. The third-order valence-corrected chi connectivity index (χ3v) is 7.03. The minimum atomic E-state index is -0.511. The third-order valence-electron chi connectivity index (χ3n) is 5.30. The maximum Gasteiger partial charge on any atom is 0.243 e. The van der Waals surface area contributed by atoms with E-state index in [0.29, 0.717) is 28.8 Å². The molecule has 0 aliphatic carbocycles. The normalized spacial score (nSPS) is 12.8. The van der Waals surface area contributed by atoms with Crippen LogP contribution in [0, 0.1) is 6.92 Å². The Balaban J connectivity index is 2.14. The van der Waals surface area contributed by atoms with Crippen molar-refractivity contribution >= 4 is 46.8 Å². The van der Waals surface area contributed by atoms with E-state index in [2.05, 4.69) is 11.4 Å². The highest BCUT2D eigenvalue weighted by Crippen LogP contribution is 2.25. The molecule has 32 heavy (non-hydrogen) atoms. The molecule has 2 atom stereocenters. The number of benzene rings is 2. The number of rotatable bonds is 11. The number of hydrogen-bond acceptors (Lipinski definition) is 3. The van der Waals surface area contributed by atoms with E-state index in [9.17, 15) is 9.59 Å². The van der Waals surface area contributed by atoms with Gasteiger partial charge in [0.15, 0.2) is 0 Å². The summed E-state index contributed by atoms with van der Waals surface area (Å²) in [6.07, 6.45) is 1.39. The zero-order valence-electron chi connectivity index (χ0n) is 19.2. The van der Waals surface area contributed by atoms with Gasteiger partial charge >= 0.3 is 0 Å². The van der Waals surface area contributed by atoms with Gasteiger partial charge in [0.25, 0.3) is 0 Å². The van der Waals surface area contributed by atoms with E-state index in [4.69, 9.17) is 23.2 Å². The molecule has 0 fully saturated rings. The second kappa shape index (κ2) is 13.1. The van der Waals surface area contributed by atoms with E-state index in [1.54, 1.807) is 11.0 Å². The standard InChI is InChI=1S/C25H32Cl2N2O2S/c1-5-18(4)28-25(31)23(6-2)29(14-19-9-7-8-17(3)12-19)24(30)16-32-15-20-10-11-21(26)22(27)13-20/h7-13,18,23H,5-6,14-16H2,1-4H3,(H,28,31)/t18-,23-/m1/s1. The summed E-state index contributed by atoms with van der Waals surface area (Å²) in [7, 11) is 0. The van der Waals surface area contributed by atoms with Crippen molar-refractivity contribution in [3.05, 3.63) is 69.2 Å². The van der Waals surface area contributed by atoms with Crippen LogP contribution in [0.3, 0.4) is 0 Å². The van der Waals surface area contributed by atoms with Crippen molar-refractivity contribution in [3.8, 4) is 0 Å². The number of aryl methyl sites for hydroxylation is 1. The first-order valence-electron chi connectivity index (χ1n) is 10.9. The number of nitrogens with zero attached hydrogens (tertiary/aromatic N) is 1. The van der Waals surface area contributed by atoms with Gasteiger partial charge in [-0.25, -0.2) is 0 Å². The lowest BCUT2D eigenvalue weighted by molar-refractivity contribution is -0.139. The Morgan fingerprint density at radius 3 is 2.41 bits per heavy atom. The Morgan fingerprint density at radius 2 is 1.78 bits per heavy atom. The molecule has 4 nitrogen and oxygen atoms in total. The van der Waals surface area contributed by atoms with Crippen molar-refractivity contribution in [2.75, 3.05) is 5.75 Å². The lowest BCUT2D eigenvalue weighted by Gasteiger charge is -2.31. The van der Waals surface area contributed by atoms with E-state index >= 15 is 0 Å². The topological polar surface area (TPSA) is 49.4 Å². The number of halogens is 2. The highest BCUT2D eigenvalue weighted by Gasteiger charge is 2.29. The minimum absolute atomic E-state index is 0.0530. The smallest absolute Gasteiger partial charge is 0.243 e. The van der Waals surface area contributed by atoms with E-state index in [1.807, 2.05) is 58.0 Å². The summed E-state index contributed by atoms with van der Waals surface area (Å²) in [5.74, 6) is 0.760. The number of carbonyl (C=O) groups excluding carboxylic acids is 2. The lowest BCUT2D eigenvalue weighted by Crippen LogP contribution is -2.51.